The lowest BCUT2D eigenvalue weighted by Gasteiger charge is -2.14. The highest BCUT2D eigenvalue weighted by molar-refractivity contribution is 7.98. The normalized spacial score (nSPS) is 13.2. The molecule has 0 spiro atoms. The van der Waals surface area contributed by atoms with Gasteiger partial charge in [-0.1, -0.05) is 12.1 Å². The molecule has 5 nitrogen and oxygen atoms in total. The van der Waals surface area contributed by atoms with E-state index in [1.807, 2.05) is 24.3 Å². The third-order valence-electron chi connectivity index (χ3n) is 3.27. The van der Waals surface area contributed by atoms with Gasteiger partial charge in [0.05, 0.1) is 11.3 Å². The van der Waals surface area contributed by atoms with E-state index in [4.69, 9.17) is 0 Å². The van der Waals surface area contributed by atoms with Crippen LogP contribution in [0.2, 0.25) is 0 Å². The van der Waals surface area contributed by atoms with E-state index in [2.05, 4.69) is 5.32 Å². The predicted octanol–water partition coefficient (Wildman–Crippen LogP) is 1.43. The van der Waals surface area contributed by atoms with Gasteiger partial charge in [-0.3, -0.25) is 13.9 Å². The quantitative estimate of drug-likeness (QED) is 0.790. The van der Waals surface area contributed by atoms with Gasteiger partial charge in [0.25, 0.3) is 5.56 Å². The van der Waals surface area contributed by atoms with Crippen molar-refractivity contribution in [2.75, 3.05) is 5.32 Å². The first-order valence-corrected chi connectivity index (χ1v) is 6.86. The molecule has 0 fully saturated rings. The van der Waals surface area contributed by atoms with Crippen LogP contribution in [0.3, 0.4) is 0 Å². The number of hydrogen-bond donors (Lipinski definition) is 1. The Kier molecular flexibility index (Phi) is 2.74. The fraction of sp³-hybridized carbons (Fsp3) is 0.231. The van der Waals surface area contributed by atoms with Crippen LogP contribution in [0.4, 0.5) is 11.5 Å². The summed E-state index contributed by atoms with van der Waals surface area (Å²) in [5.74, 6) is 1.14. The SMILES string of the molecule is Cn1c2c(c(=O)n(C)c1=O)CSc1ccccc1N2. The number of para-hydroxylation sites is 1. The zero-order valence-electron chi connectivity index (χ0n) is 10.6. The summed E-state index contributed by atoms with van der Waals surface area (Å²) in [6, 6.07) is 7.83. The second-order valence-electron chi connectivity index (χ2n) is 4.44. The van der Waals surface area contributed by atoms with Crippen molar-refractivity contribution >= 4 is 23.3 Å². The molecule has 2 aromatic rings. The molecular weight excluding hydrogens is 262 g/mol. The largest absolute Gasteiger partial charge is 0.340 e. The number of fused-ring (bicyclic) bond motifs is 2. The van der Waals surface area contributed by atoms with E-state index in [0.717, 1.165) is 15.1 Å². The van der Waals surface area contributed by atoms with E-state index in [0.29, 0.717) is 17.1 Å². The highest BCUT2D eigenvalue weighted by atomic mass is 32.2. The Hall–Kier alpha value is -1.95. The van der Waals surface area contributed by atoms with E-state index >= 15 is 0 Å². The highest BCUT2D eigenvalue weighted by Gasteiger charge is 2.20. The van der Waals surface area contributed by atoms with Crippen LogP contribution in [0.15, 0.2) is 38.8 Å². The van der Waals surface area contributed by atoms with Gasteiger partial charge in [-0.2, -0.15) is 0 Å². The van der Waals surface area contributed by atoms with Crippen molar-refractivity contribution in [3.63, 3.8) is 0 Å². The average Bonchev–Trinajstić information content (AvgIpc) is 2.62. The summed E-state index contributed by atoms with van der Waals surface area (Å²) < 4.78 is 2.64. The van der Waals surface area contributed by atoms with Gasteiger partial charge in [-0.25, -0.2) is 4.79 Å². The third-order valence-corrected chi connectivity index (χ3v) is 4.37. The second-order valence-corrected chi connectivity index (χ2v) is 5.46. The van der Waals surface area contributed by atoms with Crippen LogP contribution in [0, 0.1) is 0 Å². The van der Waals surface area contributed by atoms with Gasteiger partial charge in [-0.05, 0) is 12.1 Å². The molecule has 0 atom stereocenters. The fourth-order valence-electron chi connectivity index (χ4n) is 2.18. The molecule has 98 valence electrons. The van der Waals surface area contributed by atoms with Crippen LogP contribution in [0.1, 0.15) is 5.56 Å². The Morgan fingerprint density at radius 2 is 1.89 bits per heavy atom. The summed E-state index contributed by atoms with van der Waals surface area (Å²) in [5.41, 5.74) is 1.01. The molecule has 0 saturated heterocycles. The van der Waals surface area contributed by atoms with Crippen molar-refractivity contribution < 1.29 is 0 Å². The number of aromatic nitrogens is 2. The van der Waals surface area contributed by atoms with E-state index < -0.39 is 0 Å². The summed E-state index contributed by atoms with van der Waals surface area (Å²) in [6.07, 6.45) is 0. The number of nitrogens with one attached hydrogen (secondary N) is 1. The van der Waals surface area contributed by atoms with E-state index in [1.54, 1.807) is 18.8 Å². The van der Waals surface area contributed by atoms with Crippen LogP contribution in [0.25, 0.3) is 0 Å². The molecule has 0 unspecified atom stereocenters. The maximum atomic E-state index is 12.2. The first-order chi connectivity index (χ1) is 9.09. The van der Waals surface area contributed by atoms with Gasteiger partial charge in [0.15, 0.2) is 0 Å². The standard InChI is InChI=1S/C13H13N3O2S/c1-15-11-8(12(17)16(2)13(15)18)7-19-10-6-4-3-5-9(10)14-11/h3-6,14H,7H2,1-2H3. The van der Waals surface area contributed by atoms with Gasteiger partial charge in [0.1, 0.15) is 5.82 Å². The van der Waals surface area contributed by atoms with Crippen molar-refractivity contribution in [1.82, 2.24) is 9.13 Å². The lowest BCUT2D eigenvalue weighted by Crippen LogP contribution is -2.39. The fourth-order valence-corrected chi connectivity index (χ4v) is 3.19. The number of thioether (sulfide) groups is 1. The Morgan fingerprint density at radius 3 is 2.68 bits per heavy atom. The lowest BCUT2D eigenvalue weighted by molar-refractivity contribution is 0.683. The van der Waals surface area contributed by atoms with Crippen molar-refractivity contribution in [3.8, 4) is 0 Å². The lowest BCUT2D eigenvalue weighted by atomic mass is 10.3. The van der Waals surface area contributed by atoms with Crippen molar-refractivity contribution in [3.05, 3.63) is 50.7 Å². The van der Waals surface area contributed by atoms with Crippen molar-refractivity contribution in [1.29, 1.82) is 0 Å². The first kappa shape index (κ1) is 12.1. The van der Waals surface area contributed by atoms with Crippen LogP contribution >= 0.6 is 11.8 Å². The number of nitrogens with zero attached hydrogens (tertiary/aromatic N) is 2. The summed E-state index contributed by atoms with van der Waals surface area (Å²) in [4.78, 5) is 25.2. The second kappa shape index (κ2) is 4.31. The maximum Gasteiger partial charge on any atom is 0.332 e. The zero-order chi connectivity index (χ0) is 13.6. The Labute approximate surface area is 113 Å². The Balaban J connectivity index is 2.29. The van der Waals surface area contributed by atoms with Crippen LogP contribution < -0.4 is 16.6 Å². The molecule has 1 N–H and O–H groups in total. The molecule has 1 aliphatic heterocycles. The summed E-state index contributed by atoms with van der Waals surface area (Å²) >= 11 is 1.60. The molecule has 1 aromatic heterocycles. The molecule has 3 rings (SSSR count). The van der Waals surface area contributed by atoms with Gasteiger partial charge < -0.3 is 5.32 Å². The topological polar surface area (TPSA) is 56.0 Å². The molecule has 1 aromatic carbocycles. The number of anilines is 2. The zero-order valence-corrected chi connectivity index (χ0v) is 11.5. The molecule has 2 heterocycles. The Morgan fingerprint density at radius 1 is 1.16 bits per heavy atom. The van der Waals surface area contributed by atoms with Crippen molar-refractivity contribution in [2.45, 2.75) is 10.6 Å². The third kappa shape index (κ3) is 1.79. The molecule has 6 heteroatoms. The van der Waals surface area contributed by atoms with Crippen LogP contribution in [-0.2, 0) is 19.8 Å². The first-order valence-electron chi connectivity index (χ1n) is 5.87. The minimum atomic E-state index is -0.319. The van der Waals surface area contributed by atoms with Gasteiger partial charge in [0, 0.05) is 24.7 Å². The molecule has 0 bridgehead atoms. The smallest absolute Gasteiger partial charge is 0.332 e. The van der Waals surface area contributed by atoms with Crippen LogP contribution in [-0.4, -0.2) is 9.13 Å². The molecule has 0 radical (unpaired) electrons. The monoisotopic (exact) mass is 275 g/mol. The highest BCUT2D eigenvalue weighted by Crippen LogP contribution is 2.35. The molecular formula is C13H13N3O2S. The molecule has 19 heavy (non-hydrogen) atoms. The van der Waals surface area contributed by atoms with E-state index in [-0.39, 0.29) is 11.2 Å². The summed E-state index contributed by atoms with van der Waals surface area (Å²) in [7, 11) is 3.18. The maximum absolute atomic E-state index is 12.2. The number of rotatable bonds is 0. The van der Waals surface area contributed by atoms with E-state index in [9.17, 15) is 9.59 Å². The van der Waals surface area contributed by atoms with Gasteiger partial charge in [-0.15, -0.1) is 11.8 Å². The summed E-state index contributed by atoms with van der Waals surface area (Å²) in [5, 5.41) is 3.21. The number of hydrogen-bond acceptors (Lipinski definition) is 4. The van der Waals surface area contributed by atoms with Crippen molar-refractivity contribution in [2.24, 2.45) is 14.1 Å². The molecule has 1 aliphatic rings. The van der Waals surface area contributed by atoms with Crippen LogP contribution in [0.5, 0.6) is 0 Å². The number of benzene rings is 1. The minimum absolute atomic E-state index is 0.231. The molecule has 0 aliphatic carbocycles. The van der Waals surface area contributed by atoms with E-state index in [1.165, 1.54) is 11.6 Å². The Bertz CT molecular complexity index is 776. The van der Waals surface area contributed by atoms with Gasteiger partial charge >= 0.3 is 5.69 Å². The molecule has 0 amide bonds. The summed E-state index contributed by atoms with van der Waals surface area (Å²) in [6.45, 7) is 0. The molecule has 0 saturated carbocycles. The minimum Gasteiger partial charge on any atom is -0.340 e. The van der Waals surface area contributed by atoms with Gasteiger partial charge in [0.2, 0.25) is 0 Å². The predicted molar refractivity (Wildman–Crippen MR) is 76.2 cm³/mol. The average molecular weight is 275 g/mol.